The minimum atomic E-state index is -4.25. The Morgan fingerprint density at radius 2 is 1.47 bits per heavy atom. The molecule has 10 nitrogen and oxygen atoms in total. The van der Waals surface area contributed by atoms with Crippen molar-refractivity contribution < 1.29 is 22.8 Å². The lowest BCUT2D eigenvalue weighted by Gasteiger charge is -2.29. The molecule has 0 bridgehead atoms. The molecule has 1 N–H and O–H groups in total. The maximum Gasteiger partial charge on any atom is 0.274 e. The van der Waals surface area contributed by atoms with Crippen LogP contribution in [-0.4, -0.2) is 65.4 Å². The number of rotatable bonds is 15. The van der Waals surface area contributed by atoms with Gasteiger partial charge in [-0.05, 0) is 91.3 Å². The van der Waals surface area contributed by atoms with E-state index in [9.17, 15) is 22.8 Å². The summed E-state index contributed by atoms with van der Waals surface area (Å²) in [6, 6.07) is 24.7. The lowest BCUT2D eigenvalue weighted by molar-refractivity contribution is 0.0732. The summed E-state index contributed by atoms with van der Waals surface area (Å²) >= 11 is 0. The summed E-state index contributed by atoms with van der Waals surface area (Å²) in [7, 11) is -4.25. The highest BCUT2D eigenvalue weighted by Crippen LogP contribution is 2.28. The summed E-state index contributed by atoms with van der Waals surface area (Å²) in [5.74, 6) is -1.30. The molecular formula is C44H51N5O5S. The van der Waals surface area contributed by atoms with Crippen molar-refractivity contribution in [2.75, 3.05) is 19.6 Å². The molecule has 4 aromatic carbocycles. The van der Waals surface area contributed by atoms with Gasteiger partial charge in [0.15, 0.2) is 5.69 Å². The van der Waals surface area contributed by atoms with Crippen LogP contribution in [0.15, 0.2) is 89.8 Å². The van der Waals surface area contributed by atoms with Crippen LogP contribution >= 0.6 is 0 Å². The number of carbonyl (C=O) groups excluding carboxylic acids is 3. The molecule has 0 spiro atoms. The van der Waals surface area contributed by atoms with E-state index < -0.39 is 15.9 Å². The highest BCUT2D eigenvalue weighted by Gasteiger charge is 2.30. The van der Waals surface area contributed by atoms with Gasteiger partial charge in [-0.1, -0.05) is 94.6 Å². The molecule has 1 aromatic heterocycles. The zero-order chi connectivity index (χ0) is 39.1. The van der Waals surface area contributed by atoms with Gasteiger partial charge in [0.2, 0.25) is 0 Å². The third-order valence-electron chi connectivity index (χ3n) is 10.5. The number of unbranched alkanes of at least 4 members (excludes halogenated alkanes) is 3. The zero-order valence-electron chi connectivity index (χ0n) is 32.3. The van der Waals surface area contributed by atoms with Crippen LogP contribution in [0.2, 0.25) is 0 Å². The normalized spacial score (nSPS) is 12.8. The number of carbonyl (C=O) groups is 3. The smallest absolute Gasteiger partial charge is 0.274 e. The first-order chi connectivity index (χ1) is 26.6. The van der Waals surface area contributed by atoms with Gasteiger partial charge in [-0.15, -0.1) is 0 Å². The maximum absolute atomic E-state index is 14.6. The monoisotopic (exact) mass is 761 g/mol. The van der Waals surface area contributed by atoms with Gasteiger partial charge >= 0.3 is 0 Å². The van der Waals surface area contributed by atoms with Crippen LogP contribution in [0.1, 0.15) is 113 Å². The summed E-state index contributed by atoms with van der Waals surface area (Å²) in [4.78, 5) is 46.2. The van der Waals surface area contributed by atoms with E-state index in [4.69, 9.17) is 5.10 Å². The van der Waals surface area contributed by atoms with Crippen molar-refractivity contribution in [2.24, 2.45) is 0 Å². The number of benzene rings is 4. The van der Waals surface area contributed by atoms with E-state index in [1.54, 1.807) is 21.7 Å². The molecule has 1 aliphatic rings. The van der Waals surface area contributed by atoms with E-state index in [1.807, 2.05) is 54.3 Å². The average Bonchev–Trinajstić information content (AvgIpc) is 3.53. The standard InChI is InChI=1S/C44H51N5O5S/c1-5-8-19-38-31(4)49(45-41(38)44(52)47(25-9-6-2)26-10-7-3)40-23-21-35(29-39(40)43(51)48-27-24-33-16-12-14-18-36(33)30-48)42(50)46-55(53,54)37-22-20-32-15-11-13-17-34(32)28-37/h11-18,20-23,28-29H,5-10,19,24-27,30H2,1-4H3,(H,46,50). The highest BCUT2D eigenvalue weighted by molar-refractivity contribution is 7.90. The Balaban J connectivity index is 1.41. The fourth-order valence-corrected chi connectivity index (χ4v) is 8.21. The number of fused-ring (bicyclic) bond motifs is 2. The molecule has 11 heteroatoms. The number of nitrogens with one attached hydrogen (secondary N) is 1. The van der Waals surface area contributed by atoms with Crippen molar-refractivity contribution in [1.82, 2.24) is 24.3 Å². The first kappa shape index (κ1) is 39.4. The molecule has 0 saturated heterocycles. The predicted octanol–water partition coefficient (Wildman–Crippen LogP) is 8.04. The number of amides is 3. The van der Waals surface area contributed by atoms with Crippen LogP contribution in [0.5, 0.6) is 0 Å². The lowest BCUT2D eigenvalue weighted by atomic mass is 9.98. The fraction of sp³-hybridized carbons (Fsp3) is 0.364. The minimum Gasteiger partial charge on any atom is -0.337 e. The van der Waals surface area contributed by atoms with E-state index in [2.05, 4.69) is 31.6 Å². The Hall–Kier alpha value is -5.29. The second kappa shape index (κ2) is 17.5. The number of hydrogen-bond acceptors (Lipinski definition) is 6. The minimum absolute atomic E-state index is 0.00601. The first-order valence-corrected chi connectivity index (χ1v) is 21.0. The quantitative estimate of drug-likeness (QED) is 0.115. The molecule has 6 rings (SSSR count). The predicted molar refractivity (Wildman–Crippen MR) is 216 cm³/mol. The molecule has 55 heavy (non-hydrogen) atoms. The van der Waals surface area contributed by atoms with Crippen molar-refractivity contribution in [2.45, 2.75) is 90.5 Å². The summed E-state index contributed by atoms with van der Waals surface area (Å²) < 4.78 is 30.9. The summed E-state index contributed by atoms with van der Waals surface area (Å²) in [5.41, 5.74) is 4.81. The molecule has 288 valence electrons. The third kappa shape index (κ3) is 8.67. The molecule has 0 unspecified atom stereocenters. The third-order valence-corrected chi connectivity index (χ3v) is 11.8. The highest BCUT2D eigenvalue weighted by atomic mass is 32.2. The van der Waals surface area contributed by atoms with Crippen LogP contribution in [0.25, 0.3) is 16.5 Å². The number of aromatic nitrogens is 2. The van der Waals surface area contributed by atoms with Crippen molar-refractivity contribution >= 4 is 38.5 Å². The van der Waals surface area contributed by atoms with Crippen LogP contribution in [0.3, 0.4) is 0 Å². The summed E-state index contributed by atoms with van der Waals surface area (Å²) in [6.07, 6.45) is 6.81. The van der Waals surface area contributed by atoms with E-state index in [1.165, 1.54) is 29.8 Å². The van der Waals surface area contributed by atoms with Gasteiger partial charge in [-0.2, -0.15) is 5.10 Å². The fourth-order valence-electron chi connectivity index (χ4n) is 7.20. The van der Waals surface area contributed by atoms with Gasteiger partial charge < -0.3 is 9.80 Å². The van der Waals surface area contributed by atoms with E-state index in [0.717, 1.165) is 66.1 Å². The second-order valence-electron chi connectivity index (χ2n) is 14.3. The molecule has 5 aromatic rings. The van der Waals surface area contributed by atoms with Crippen LogP contribution in [0, 0.1) is 6.92 Å². The SMILES string of the molecule is CCCCc1c(C(=O)N(CCCC)CCCC)nn(-c2ccc(C(=O)NS(=O)(=O)c3ccc4ccccc4c3)cc2C(=O)N2CCc3ccccc3C2)c1C. The Labute approximate surface area is 324 Å². The molecule has 0 radical (unpaired) electrons. The Kier molecular flexibility index (Phi) is 12.5. The zero-order valence-corrected chi connectivity index (χ0v) is 33.1. The molecule has 3 amide bonds. The van der Waals surface area contributed by atoms with Gasteiger partial charge in [0.25, 0.3) is 27.7 Å². The van der Waals surface area contributed by atoms with Crippen molar-refractivity contribution in [3.8, 4) is 5.69 Å². The lowest BCUT2D eigenvalue weighted by Crippen LogP contribution is -2.37. The van der Waals surface area contributed by atoms with Crippen LogP contribution in [-0.2, 0) is 29.4 Å². The topological polar surface area (TPSA) is 122 Å². The number of nitrogens with zero attached hydrogens (tertiary/aromatic N) is 4. The Morgan fingerprint density at radius 3 is 2.18 bits per heavy atom. The molecule has 0 atom stereocenters. The largest absolute Gasteiger partial charge is 0.337 e. The number of hydrogen-bond donors (Lipinski definition) is 1. The molecule has 2 heterocycles. The van der Waals surface area contributed by atoms with Gasteiger partial charge in [0, 0.05) is 43.0 Å². The molecule has 0 aliphatic carbocycles. The van der Waals surface area contributed by atoms with Crippen molar-refractivity contribution in [3.63, 3.8) is 0 Å². The van der Waals surface area contributed by atoms with E-state index in [-0.39, 0.29) is 27.8 Å². The van der Waals surface area contributed by atoms with Gasteiger partial charge in [0.1, 0.15) is 0 Å². The Morgan fingerprint density at radius 1 is 0.800 bits per heavy atom. The van der Waals surface area contributed by atoms with Gasteiger partial charge in [0.05, 0.1) is 16.1 Å². The van der Waals surface area contributed by atoms with E-state index in [0.29, 0.717) is 50.4 Å². The van der Waals surface area contributed by atoms with E-state index >= 15 is 0 Å². The van der Waals surface area contributed by atoms with Gasteiger partial charge in [-0.3, -0.25) is 14.4 Å². The molecule has 0 fully saturated rings. The van der Waals surface area contributed by atoms with Crippen molar-refractivity contribution in [1.29, 1.82) is 0 Å². The molecule has 0 saturated carbocycles. The second-order valence-corrected chi connectivity index (χ2v) is 16.0. The Bertz CT molecular complexity index is 2310. The number of sulfonamides is 1. The van der Waals surface area contributed by atoms with Crippen LogP contribution < -0.4 is 4.72 Å². The molecule has 1 aliphatic heterocycles. The van der Waals surface area contributed by atoms with Crippen molar-refractivity contribution in [3.05, 3.63) is 124 Å². The first-order valence-electron chi connectivity index (χ1n) is 19.5. The molecular weight excluding hydrogens is 711 g/mol. The van der Waals surface area contributed by atoms with Gasteiger partial charge in [-0.25, -0.2) is 17.8 Å². The van der Waals surface area contributed by atoms with Crippen LogP contribution in [0.4, 0.5) is 0 Å². The average molecular weight is 762 g/mol. The summed E-state index contributed by atoms with van der Waals surface area (Å²) in [5, 5.41) is 6.55. The maximum atomic E-state index is 14.6. The summed E-state index contributed by atoms with van der Waals surface area (Å²) in [6.45, 7) is 10.4.